The number of carbonyl (C=O) groups excluding carboxylic acids is 1. The Morgan fingerprint density at radius 2 is 2.07 bits per heavy atom. The number of hydrogen-bond donors (Lipinski definition) is 2. The van der Waals surface area contributed by atoms with Crippen LogP contribution in [-0.4, -0.2) is 44.5 Å². The van der Waals surface area contributed by atoms with E-state index in [4.69, 9.17) is 5.11 Å². The summed E-state index contributed by atoms with van der Waals surface area (Å²) in [6.07, 6.45) is 2.41. The highest BCUT2D eigenvalue weighted by atomic mass is 16.4. The zero-order valence-electron chi connectivity index (χ0n) is 15.2. The number of benzene rings is 1. The minimum Gasteiger partial charge on any atom is -0.481 e. The minimum absolute atomic E-state index is 0.105. The van der Waals surface area contributed by atoms with Crippen LogP contribution >= 0.6 is 0 Å². The van der Waals surface area contributed by atoms with Crippen molar-refractivity contribution in [2.75, 3.05) is 13.1 Å². The Bertz CT molecular complexity index is 991. The van der Waals surface area contributed by atoms with Crippen molar-refractivity contribution < 1.29 is 14.7 Å². The monoisotopic (exact) mass is 373 g/mol. The number of piperidine rings is 1. The number of hydrogen-bond acceptors (Lipinski definition) is 4. The molecule has 1 atom stereocenters. The Balaban J connectivity index is 1.84. The van der Waals surface area contributed by atoms with E-state index in [-0.39, 0.29) is 30.3 Å². The Kier molecular flexibility index (Phi) is 5.43. The van der Waals surface area contributed by atoms with E-state index in [1.807, 2.05) is 0 Å². The predicted molar refractivity (Wildman–Crippen MR) is 100 cm³/mol. The molecule has 27 heavy (non-hydrogen) atoms. The molecule has 1 aliphatic rings. The molecule has 8 heteroatoms. The van der Waals surface area contributed by atoms with Crippen LogP contribution in [-0.2, 0) is 11.3 Å². The van der Waals surface area contributed by atoms with Gasteiger partial charge in [-0.3, -0.25) is 19.0 Å². The van der Waals surface area contributed by atoms with E-state index in [9.17, 15) is 19.2 Å². The van der Waals surface area contributed by atoms with Crippen molar-refractivity contribution in [3.05, 3.63) is 44.6 Å². The van der Waals surface area contributed by atoms with Crippen molar-refractivity contribution in [2.24, 2.45) is 5.92 Å². The molecule has 1 aliphatic heterocycles. The first-order chi connectivity index (χ1) is 12.9. The van der Waals surface area contributed by atoms with Gasteiger partial charge in [0.15, 0.2) is 0 Å². The van der Waals surface area contributed by atoms with Crippen molar-refractivity contribution in [3.8, 4) is 0 Å². The molecule has 0 radical (unpaired) electrons. The van der Waals surface area contributed by atoms with Crippen LogP contribution in [0.4, 0.5) is 0 Å². The molecule has 1 saturated heterocycles. The molecule has 1 amide bonds. The number of H-pyrrole nitrogens is 1. The first-order valence-corrected chi connectivity index (χ1v) is 9.18. The highest BCUT2D eigenvalue weighted by Gasteiger charge is 2.25. The van der Waals surface area contributed by atoms with Crippen molar-refractivity contribution in [1.82, 2.24) is 14.5 Å². The SMILES string of the molecule is CCn1c(=O)[nH]c2cc(C(=O)N3CCCC(CCC(=O)O)C3)ccc2c1=O. The largest absolute Gasteiger partial charge is 0.481 e. The van der Waals surface area contributed by atoms with Gasteiger partial charge in [0.05, 0.1) is 10.9 Å². The zero-order valence-corrected chi connectivity index (χ0v) is 15.2. The average Bonchev–Trinajstić information content (AvgIpc) is 2.66. The number of amides is 1. The molecule has 1 aromatic heterocycles. The first-order valence-electron chi connectivity index (χ1n) is 9.18. The van der Waals surface area contributed by atoms with Gasteiger partial charge in [-0.05, 0) is 50.3 Å². The fourth-order valence-corrected chi connectivity index (χ4v) is 3.67. The lowest BCUT2D eigenvalue weighted by Gasteiger charge is -2.32. The van der Waals surface area contributed by atoms with Crippen LogP contribution in [0, 0.1) is 5.92 Å². The molecule has 2 N–H and O–H groups in total. The third-order valence-electron chi connectivity index (χ3n) is 5.12. The van der Waals surface area contributed by atoms with E-state index in [2.05, 4.69) is 4.98 Å². The zero-order chi connectivity index (χ0) is 19.6. The van der Waals surface area contributed by atoms with Crippen LogP contribution in [0.25, 0.3) is 10.9 Å². The standard InChI is InChI=1S/C19H23N3O5/c1-2-22-18(26)14-7-6-13(10-15(14)20-19(22)27)17(25)21-9-3-4-12(11-21)5-8-16(23)24/h6-7,10,12H,2-5,8-9,11H2,1H3,(H,20,27)(H,23,24). The van der Waals surface area contributed by atoms with Crippen LogP contribution in [0.1, 0.15) is 43.0 Å². The normalized spacial score (nSPS) is 17.2. The second-order valence-electron chi connectivity index (χ2n) is 6.93. The first kappa shape index (κ1) is 18.9. The number of likely N-dealkylation sites (tertiary alicyclic amines) is 1. The Morgan fingerprint density at radius 3 is 2.78 bits per heavy atom. The topological polar surface area (TPSA) is 112 Å². The summed E-state index contributed by atoms with van der Waals surface area (Å²) < 4.78 is 1.11. The number of rotatable bonds is 5. The van der Waals surface area contributed by atoms with E-state index in [0.29, 0.717) is 36.0 Å². The second-order valence-corrected chi connectivity index (χ2v) is 6.93. The van der Waals surface area contributed by atoms with E-state index in [1.54, 1.807) is 30.0 Å². The Morgan fingerprint density at radius 1 is 1.30 bits per heavy atom. The van der Waals surface area contributed by atoms with Crippen LogP contribution in [0.15, 0.2) is 27.8 Å². The molecule has 0 bridgehead atoms. The lowest BCUT2D eigenvalue weighted by atomic mass is 9.93. The summed E-state index contributed by atoms with van der Waals surface area (Å²) in [5.74, 6) is -0.817. The molecule has 8 nitrogen and oxygen atoms in total. The van der Waals surface area contributed by atoms with Gasteiger partial charge < -0.3 is 15.0 Å². The van der Waals surface area contributed by atoms with Crippen LogP contribution < -0.4 is 11.2 Å². The van der Waals surface area contributed by atoms with Crippen molar-refractivity contribution in [1.29, 1.82) is 0 Å². The quantitative estimate of drug-likeness (QED) is 0.823. The molecule has 1 unspecified atom stereocenters. The summed E-state index contributed by atoms with van der Waals surface area (Å²) in [7, 11) is 0. The maximum Gasteiger partial charge on any atom is 0.328 e. The van der Waals surface area contributed by atoms with Gasteiger partial charge in [0.1, 0.15) is 0 Å². The number of nitrogens with zero attached hydrogens (tertiary/aromatic N) is 2. The number of carboxylic acids is 1. The number of fused-ring (bicyclic) bond motifs is 1. The fraction of sp³-hybridized carbons (Fsp3) is 0.474. The molecule has 3 rings (SSSR count). The highest BCUT2D eigenvalue weighted by Crippen LogP contribution is 2.23. The van der Waals surface area contributed by atoms with Gasteiger partial charge in [-0.25, -0.2) is 4.79 Å². The van der Waals surface area contributed by atoms with Gasteiger partial charge in [0, 0.05) is 31.6 Å². The summed E-state index contributed by atoms with van der Waals surface area (Å²) in [5.41, 5.74) is -0.112. The number of nitrogens with one attached hydrogen (secondary N) is 1. The maximum atomic E-state index is 12.9. The maximum absolute atomic E-state index is 12.9. The van der Waals surface area contributed by atoms with E-state index < -0.39 is 11.7 Å². The molecular weight excluding hydrogens is 350 g/mol. The van der Waals surface area contributed by atoms with Crippen LogP contribution in [0.2, 0.25) is 0 Å². The summed E-state index contributed by atoms with van der Waals surface area (Å²) in [6.45, 7) is 3.14. The van der Waals surface area contributed by atoms with Gasteiger partial charge >= 0.3 is 11.7 Å². The number of carboxylic acid groups (broad SMARTS) is 1. The predicted octanol–water partition coefficient (Wildman–Crippen LogP) is 1.43. The number of aliphatic carboxylic acids is 1. The molecule has 1 aromatic carbocycles. The van der Waals surface area contributed by atoms with Crippen molar-refractivity contribution in [3.63, 3.8) is 0 Å². The van der Waals surface area contributed by atoms with E-state index in [0.717, 1.165) is 17.4 Å². The van der Waals surface area contributed by atoms with Crippen LogP contribution in [0.5, 0.6) is 0 Å². The summed E-state index contributed by atoms with van der Waals surface area (Å²) in [4.78, 5) is 52.3. The smallest absolute Gasteiger partial charge is 0.328 e. The van der Waals surface area contributed by atoms with Gasteiger partial charge in [0.2, 0.25) is 0 Å². The Labute approximate surface area is 155 Å². The van der Waals surface area contributed by atoms with Crippen molar-refractivity contribution in [2.45, 2.75) is 39.2 Å². The average molecular weight is 373 g/mol. The molecule has 2 aromatic rings. The van der Waals surface area contributed by atoms with Crippen LogP contribution in [0.3, 0.4) is 0 Å². The third-order valence-corrected chi connectivity index (χ3v) is 5.12. The summed E-state index contributed by atoms with van der Waals surface area (Å²) in [5, 5.41) is 9.21. The van der Waals surface area contributed by atoms with Gasteiger partial charge in [0.25, 0.3) is 11.5 Å². The molecular formula is C19H23N3O5. The molecule has 0 saturated carbocycles. The van der Waals surface area contributed by atoms with Gasteiger partial charge in [-0.1, -0.05) is 0 Å². The third kappa shape index (κ3) is 3.94. The Hall–Kier alpha value is -2.90. The van der Waals surface area contributed by atoms with Crippen molar-refractivity contribution >= 4 is 22.8 Å². The molecule has 144 valence electrons. The van der Waals surface area contributed by atoms with Gasteiger partial charge in [-0.15, -0.1) is 0 Å². The second kappa shape index (κ2) is 7.77. The highest BCUT2D eigenvalue weighted by molar-refractivity contribution is 5.97. The lowest BCUT2D eigenvalue weighted by Crippen LogP contribution is -2.40. The molecule has 0 spiro atoms. The van der Waals surface area contributed by atoms with Gasteiger partial charge in [-0.2, -0.15) is 0 Å². The summed E-state index contributed by atoms with van der Waals surface area (Å²) in [6, 6.07) is 4.71. The molecule has 0 aliphatic carbocycles. The summed E-state index contributed by atoms with van der Waals surface area (Å²) >= 11 is 0. The molecule has 2 heterocycles. The van der Waals surface area contributed by atoms with E-state index in [1.165, 1.54) is 0 Å². The molecule has 1 fully saturated rings. The number of aromatic nitrogens is 2. The van der Waals surface area contributed by atoms with E-state index >= 15 is 0 Å². The lowest BCUT2D eigenvalue weighted by molar-refractivity contribution is -0.137. The number of carbonyl (C=O) groups is 2. The minimum atomic E-state index is -0.824. The fourth-order valence-electron chi connectivity index (χ4n) is 3.67. The number of aromatic amines is 1.